The summed E-state index contributed by atoms with van der Waals surface area (Å²) in [5, 5.41) is 7.81. The second-order valence-electron chi connectivity index (χ2n) is 8.29. The highest BCUT2D eigenvalue weighted by Crippen LogP contribution is 2.33. The number of anilines is 1. The number of nitrogens with zero attached hydrogens (tertiary/aromatic N) is 1. The summed E-state index contributed by atoms with van der Waals surface area (Å²) in [6, 6.07) is 7.73. The lowest BCUT2D eigenvalue weighted by atomic mass is 9.95. The van der Waals surface area contributed by atoms with Gasteiger partial charge in [0.15, 0.2) is 0 Å². The standard InChI is InChI=1S/C21H29N3O2/c1-12(2)24(13(3)4)19-11-26-20-8-5-14(9-16(19)20)21(25)23-18-10-15-6-7-17(18)22-15/h5,8-9,11-13,15,17-18,22H,6-7,10H2,1-4H3,(H,23,25)/t15-,17+,18-/m1/s1. The molecule has 2 N–H and O–H groups in total. The molecule has 3 atom stereocenters. The Labute approximate surface area is 155 Å². The molecule has 0 radical (unpaired) electrons. The molecule has 2 fully saturated rings. The van der Waals surface area contributed by atoms with Crippen LogP contribution in [0.25, 0.3) is 11.0 Å². The van der Waals surface area contributed by atoms with E-state index in [1.165, 1.54) is 6.42 Å². The van der Waals surface area contributed by atoms with Gasteiger partial charge in [0.1, 0.15) is 11.8 Å². The van der Waals surface area contributed by atoms with Crippen molar-refractivity contribution in [1.82, 2.24) is 10.6 Å². The van der Waals surface area contributed by atoms with Crippen molar-refractivity contribution in [2.75, 3.05) is 4.90 Å². The SMILES string of the molecule is CC(C)N(c1coc2ccc(C(=O)N[C@@H]3C[C@H]4CC[C@@H]3N4)cc12)C(C)C. The highest BCUT2D eigenvalue weighted by Gasteiger charge is 2.39. The average molecular weight is 355 g/mol. The fourth-order valence-corrected chi connectivity index (χ4v) is 4.74. The zero-order chi connectivity index (χ0) is 18.4. The molecule has 1 aromatic carbocycles. The van der Waals surface area contributed by atoms with E-state index in [9.17, 15) is 4.79 Å². The van der Waals surface area contributed by atoms with Crippen molar-refractivity contribution in [2.24, 2.45) is 0 Å². The zero-order valence-electron chi connectivity index (χ0n) is 16.1. The third-order valence-electron chi connectivity index (χ3n) is 5.82. The summed E-state index contributed by atoms with van der Waals surface area (Å²) in [7, 11) is 0. The highest BCUT2D eigenvalue weighted by atomic mass is 16.3. The molecule has 4 rings (SSSR count). The molecule has 2 aromatic rings. The fourth-order valence-electron chi connectivity index (χ4n) is 4.74. The van der Waals surface area contributed by atoms with Crippen LogP contribution in [0.5, 0.6) is 0 Å². The van der Waals surface area contributed by atoms with Gasteiger partial charge in [-0.25, -0.2) is 0 Å². The zero-order valence-corrected chi connectivity index (χ0v) is 16.1. The van der Waals surface area contributed by atoms with Crippen LogP contribution in [0.2, 0.25) is 0 Å². The van der Waals surface area contributed by atoms with Crippen LogP contribution in [0.4, 0.5) is 5.69 Å². The number of carbonyl (C=O) groups is 1. The molecular weight excluding hydrogens is 326 g/mol. The molecule has 2 aliphatic rings. The molecule has 0 saturated carbocycles. The van der Waals surface area contributed by atoms with Gasteiger partial charge < -0.3 is 20.0 Å². The number of furan rings is 1. The number of fused-ring (bicyclic) bond motifs is 3. The topological polar surface area (TPSA) is 57.5 Å². The molecule has 0 aliphatic carbocycles. The van der Waals surface area contributed by atoms with Crippen LogP contribution in [0.3, 0.4) is 0 Å². The van der Waals surface area contributed by atoms with Gasteiger partial charge >= 0.3 is 0 Å². The number of carbonyl (C=O) groups excluding carboxylic acids is 1. The van der Waals surface area contributed by atoms with Crippen molar-refractivity contribution in [1.29, 1.82) is 0 Å². The van der Waals surface area contributed by atoms with Gasteiger partial charge in [-0.2, -0.15) is 0 Å². The number of hydrogen-bond donors (Lipinski definition) is 2. The summed E-state index contributed by atoms with van der Waals surface area (Å²) in [5.74, 6) is 0.0130. The predicted molar refractivity (Wildman–Crippen MR) is 105 cm³/mol. The third-order valence-corrected chi connectivity index (χ3v) is 5.82. The van der Waals surface area contributed by atoms with Crippen LogP contribution < -0.4 is 15.5 Å². The first kappa shape index (κ1) is 17.4. The van der Waals surface area contributed by atoms with Crippen LogP contribution in [0.1, 0.15) is 57.3 Å². The van der Waals surface area contributed by atoms with E-state index in [1.54, 1.807) is 0 Å². The van der Waals surface area contributed by atoms with Crippen LogP contribution in [-0.2, 0) is 0 Å². The van der Waals surface area contributed by atoms with Gasteiger partial charge in [0.2, 0.25) is 0 Å². The molecule has 5 heteroatoms. The Balaban J connectivity index is 1.60. The Hall–Kier alpha value is -2.01. The van der Waals surface area contributed by atoms with E-state index in [-0.39, 0.29) is 11.9 Å². The minimum atomic E-state index is 0.0130. The van der Waals surface area contributed by atoms with Crippen LogP contribution in [0.15, 0.2) is 28.9 Å². The quantitative estimate of drug-likeness (QED) is 0.859. The maximum absolute atomic E-state index is 12.8. The second kappa shape index (κ2) is 6.62. The van der Waals surface area contributed by atoms with Crippen molar-refractivity contribution in [3.05, 3.63) is 30.0 Å². The molecular formula is C21H29N3O2. The van der Waals surface area contributed by atoms with Crippen molar-refractivity contribution in [2.45, 2.75) is 77.2 Å². The first-order chi connectivity index (χ1) is 12.4. The Kier molecular flexibility index (Phi) is 4.43. The molecule has 0 unspecified atom stereocenters. The molecule has 5 nitrogen and oxygen atoms in total. The molecule has 1 aromatic heterocycles. The lowest BCUT2D eigenvalue weighted by Crippen LogP contribution is -2.42. The summed E-state index contributed by atoms with van der Waals surface area (Å²) in [4.78, 5) is 15.1. The van der Waals surface area contributed by atoms with Crippen molar-refractivity contribution in [3.63, 3.8) is 0 Å². The van der Waals surface area contributed by atoms with E-state index in [1.807, 2.05) is 24.5 Å². The molecule has 26 heavy (non-hydrogen) atoms. The Morgan fingerprint density at radius 2 is 2.00 bits per heavy atom. The fraction of sp³-hybridized carbons (Fsp3) is 0.571. The molecule has 0 spiro atoms. The third kappa shape index (κ3) is 2.98. The number of nitrogens with one attached hydrogen (secondary N) is 2. The first-order valence-corrected chi connectivity index (χ1v) is 9.80. The second-order valence-corrected chi connectivity index (χ2v) is 8.29. The van der Waals surface area contributed by atoms with E-state index in [2.05, 4.69) is 43.2 Å². The summed E-state index contributed by atoms with van der Waals surface area (Å²) >= 11 is 0. The lowest BCUT2D eigenvalue weighted by Gasteiger charge is -2.32. The monoisotopic (exact) mass is 355 g/mol. The van der Waals surface area contributed by atoms with E-state index >= 15 is 0 Å². The van der Waals surface area contributed by atoms with Gasteiger partial charge in [-0.15, -0.1) is 0 Å². The van der Waals surface area contributed by atoms with Gasteiger partial charge in [-0.05, 0) is 65.2 Å². The molecule has 140 valence electrons. The van der Waals surface area contributed by atoms with Gasteiger partial charge in [0, 0.05) is 41.2 Å². The minimum absolute atomic E-state index is 0.0130. The molecule has 2 aliphatic heterocycles. The van der Waals surface area contributed by atoms with E-state index in [4.69, 9.17) is 4.42 Å². The summed E-state index contributed by atoms with van der Waals surface area (Å²) in [6.07, 6.45) is 5.26. The van der Waals surface area contributed by atoms with Crippen LogP contribution in [-0.4, -0.2) is 36.1 Å². The minimum Gasteiger partial charge on any atom is -0.462 e. The molecule has 2 saturated heterocycles. The smallest absolute Gasteiger partial charge is 0.251 e. The van der Waals surface area contributed by atoms with Crippen LogP contribution >= 0.6 is 0 Å². The first-order valence-electron chi connectivity index (χ1n) is 9.80. The molecule has 3 heterocycles. The van der Waals surface area contributed by atoms with Gasteiger partial charge in [-0.3, -0.25) is 4.79 Å². The average Bonchev–Trinajstić information content (AvgIpc) is 3.29. The predicted octanol–water partition coefficient (Wildman–Crippen LogP) is 3.68. The van der Waals surface area contributed by atoms with Crippen LogP contribution in [0, 0.1) is 0 Å². The van der Waals surface area contributed by atoms with E-state index < -0.39 is 0 Å². The van der Waals surface area contributed by atoms with E-state index in [0.29, 0.717) is 29.7 Å². The summed E-state index contributed by atoms with van der Waals surface area (Å²) in [6.45, 7) is 8.71. The maximum atomic E-state index is 12.8. The summed E-state index contributed by atoms with van der Waals surface area (Å²) < 4.78 is 5.76. The van der Waals surface area contributed by atoms with Gasteiger partial charge in [0.25, 0.3) is 5.91 Å². The number of hydrogen-bond acceptors (Lipinski definition) is 4. The highest BCUT2D eigenvalue weighted by molar-refractivity contribution is 6.01. The van der Waals surface area contributed by atoms with Crippen molar-refractivity contribution in [3.8, 4) is 0 Å². The summed E-state index contributed by atoms with van der Waals surface area (Å²) in [5.41, 5.74) is 2.58. The van der Waals surface area contributed by atoms with Gasteiger partial charge in [0.05, 0.1) is 5.69 Å². The van der Waals surface area contributed by atoms with Crippen molar-refractivity contribution >= 4 is 22.6 Å². The van der Waals surface area contributed by atoms with E-state index in [0.717, 1.165) is 29.5 Å². The normalized spacial score (nSPS) is 24.8. The lowest BCUT2D eigenvalue weighted by molar-refractivity contribution is 0.0931. The van der Waals surface area contributed by atoms with Gasteiger partial charge in [-0.1, -0.05) is 0 Å². The molecule has 1 amide bonds. The number of amides is 1. The Morgan fingerprint density at radius 3 is 2.62 bits per heavy atom. The Bertz CT molecular complexity index is 803. The van der Waals surface area contributed by atoms with Crippen molar-refractivity contribution < 1.29 is 9.21 Å². The number of benzene rings is 1. The largest absolute Gasteiger partial charge is 0.462 e. The Morgan fingerprint density at radius 1 is 1.23 bits per heavy atom. The maximum Gasteiger partial charge on any atom is 0.251 e. The number of rotatable bonds is 5. The molecule has 2 bridgehead atoms.